The average Bonchev–Trinajstić information content (AvgIpc) is 2.62. The van der Waals surface area contributed by atoms with Crippen LogP contribution in [0.2, 0.25) is 0 Å². The zero-order valence-electron chi connectivity index (χ0n) is 13.0. The van der Waals surface area contributed by atoms with Crippen LogP contribution in [-0.4, -0.2) is 21.6 Å². The largest absolute Gasteiger partial charge is 0.867 e. The number of methoxy groups -OCH3 is 2. The van der Waals surface area contributed by atoms with Crippen molar-refractivity contribution in [3.63, 3.8) is 0 Å². The Balaban J connectivity index is 0.000000363. The fourth-order valence-electron chi connectivity index (χ4n) is 1.30. The SMILES string of the molecule is COc1ccc([N+]#N)cc1.COc1ccc([N+]#N)cc1.[O-]B([O-])F. The highest BCUT2D eigenvalue weighted by Crippen LogP contribution is 2.17. The molecule has 0 spiro atoms. The second-order valence-electron chi connectivity index (χ2n) is 3.87. The lowest BCUT2D eigenvalue weighted by Crippen LogP contribution is -2.39. The molecule has 0 atom stereocenters. The quantitative estimate of drug-likeness (QED) is 0.612. The average molecular weight is 332 g/mol. The predicted octanol–water partition coefficient (Wildman–Crippen LogP) is 2.02. The predicted molar refractivity (Wildman–Crippen MR) is 82.3 cm³/mol. The van der Waals surface area contributed by atoms with Gasteiger partial charge in [0.05, 0.1) is 14.2 Å². The van der Waals surface area contributed by atoms with Crippen molar-refractivity contribution in [3.8, 4) is 11.5 Å². The zero-order valence-corrected chi connectivity index (χ0v) is 13.0. The van der Waals surface area contributed by atoms with Crippen molar-refractivity contribution in [2.24, 2.45) is 0 Å². The topological polar surface area (TPSA) is 121 Å². The molecule has 0 bridgehead atoms. The van der Waals surface area contributed by atoms with Crippen LogP contribution in [0.3, 0.4) is 0 Å². The minimum absolute atomic E-state index is 0.529. The molecule has 124 valence electrons. The van der Waals surface area contributed by atoms with Crippen LogP contribution in [0.1, 0.15) is 0 Å². The van der Waals surface area contributed by atoms with E-state index in [4.69, 9.17) is 30.3 Å². The molecule has 2 rings (SSSR count). The highest BCUT2D eigenvalue weighted by atomic mass is 19.1. The monoisotopic (exact) mass is 332 g/mol. The lowest BCUT2D eigenvalue weighted by molar-refractivity contribution is -0.366. The molecule has 0 unspecified atom stereocenters. The summed E-state index contributed by atoms with van der Waals surface area (Å²) in [5, 5.41) is 33.2. The Labute approximate surface area is 138 Å². The molecule has 0 aliphatic heterocycles. The van der Waals surface area contributed by atoms with Crippen LogP contribution in [0.4, 0.5) is 15.7 Å². The van der Waals surface area contributed by atoms with Gasteiger partial charge in [0, 0.05) is 24.3 Å². The first-order chi connectivity index (χ1) is 11.5. The van der Waals surface area contributed by atoms with Gasteiger partial charge in [-0.15, -0.1) is 0 Å². The van der Waals surface area contributed by atoms with E-state index in [0.717, 1.165) is 11.5 Å². The molecular formula is C14H14BFN4O4. The van der Waals surface area contributed by atoms with E-state index in [1.165, 1.54) is 0 Å². The van der Waals surface area contributed by atoms with Crippen LogP contribution in [0.25, 0.3) is 9.95 Å². The number of nitrogens with zero attached hydrogens (tertiary/aromatic N) is 4. The van der Waals surface area contributed by atoms with Gasteiger partial charge in [0.15, 0.2) is 9.95 Å². The minimum Gasteiger partial charge on any atom is -0.867 e. The van der Waals surface area contributed by atoms with E-state index in [-0.39, 0.29) is 0 Å². The van der Waals surface area contributed by atoms with Crippen molar-refractivity contribution in [3.05, 3.63) is 58.5 Å². The molecule has 0 fully saturated rings. The number of diazo groups is 2. The summed E-state index contributed by atoms with van der Waals surface area (Å²) in [6.45, 7) is 0. The van der Waals surface area contributed by atoms with Crippen LogP contribution in [0.5, 0.6) is 11.5 Å². The fraction of sp³-hybridized carbons (Fsp3) is 0.143. The van der Waals surface area contributed by atoms with E-state index in [1.54, 1.807) is 62.8 Å². The van der Waals surface area contributed by atoms with Crippen LogP contribution >= 0.6 is 0 Å². The van der Waals surface area contributed by atoms with E-state index in [0.29, 0.717) is 11.4 Å². The Hall–Kier alpha value is -3.21. The van der Waals surface area contributed by atoms with E-state index >= 15 is 0 Å². The summed E-state index contributed by atoms with van der Waals surface area (Å²) in [6.07, 6.45) is 0. The summed E-state index contributed by atoms with van der Waals surface area (Å²) < 4.78 is 19.7. The normalized spacial score (nSPS) is 8.12. The van der Waals surface area contributed by atoms with Crippen molar-refractivity contribution in [2.75, 3.05) is 14.2 Å². The summed E-state index contributed by atoms with van der Waals surface area (Å²) in [4.78, 5) is 5.98. The van der Waals surface area contributed by atoms with Crippen molar-refractivity contribution in [2.45, 2.75) is 0 Å². The van der Waals surface area contributed by atoms with E-state index in [9.17, 15) is 4.32 Å². The highest BCUT2D eigenvalue weighted by molar-refractivity contribution is 6.27. The Morgan fingerprint density at radius 2 is 1.04 bits per heavy atom. The maximum absolute atomic E-state index is 9.89. The summed E-state index contributed by atoms with van der Waals surface area (Å²) in [5.41, 5.74) is 1.06. The summed E-state index contributed by atoms with van der Waals surface area (Å²) in [7, 11) is 0.0101. The molecule has 0 aliphatic carbocycles. The lowest BCUT2D eigenvalue weighted by atomic mass is 10.3. The lowest BCUT2D eigenvalue weighted by Gasteiger charge is -2.09. The zero-order chi connectivity index (χ0) is 18.4. The van der Waals surface area contributed by atoms with Gasteiger partial charge in [-0.2, -0.15) is 0 Å². The molecule has 0 aliphatic rings. The molecular weight excluding hydrogens is 318 g/mol. The number of hydrogen-bond acceptors (Lipinski definition) is 6. The fourth-order valence-corrected chi connectivity index (χ4v) is 1.30. The molecule has 0 heterocycles. The molecule has 0 radical (unpaired) electrons. The van der Waals surface area contributed by atoms with Gasteiger partial charge in [0.1, 0.15) is 18.9 Å². The van der Waals surface area contributed by atoms with Crippen LogP contribution < -0.4 is 19.5 Å². The number of benzene rings is 2. The van der Waals surface area contributed by atoms with Crippen LogP contribution in [0.15, 0.2) is 48.5 Å². The Kier molecular flexibility index (Phi) is 10.7. The first-order valence-electron chi connectivity index (χ1n) is 6.40. The molecule has 10 heteroatoms. The van der Waals surface area contributed by atoms with Crippen molar-refractivity contribution in [1.82, 2.24) is 0 Å². The van der Waals surface area contributed by atoms with Gasteiger partial charge in [-0.25, -0.2) is 0 Å². The smallest absolute Gasteiger partial charge is 0.385 e. The Morgan fingerprint density at radius 1 is 0.792 bits per heavy atom. The molecule has 24 heavy (non-hydrogen) atoms. The van der Waals surface area contributed by atoms with Gasteiger partial charge >= 0.3 is 11.4 Å². The van der Waals surface area contributed by atoms with E-state index in [2.05, 4.69) is 9.95 Å². The first kappa shape index (κ1) is 20.8. The number of hydrogen-bond donors (Lipinski definition) is 0. The molecule has 0 amide bonds. The van der Waals surface area contributed by atoms with Crippen molar-refractivity contribution < 1.29 is 23.8 Å². The van der Waals surface area contributed by atoms with Crippen LogP contribution in [0, 0.1) is 10.8 Å². The number of halogens is 1. The maximum atomic E-state index is 9.89. The third-order valence-corrected chi connectivity index (χ3v) is 2.38. The Morgan fingerprint density at radius 3 is 1.21 bits per heavy atom. The molecule has 2 aromatic rings. The van der Waals surface area contributed by atoms with Gasteiger partial charge in [0.2, 0.25) is 10.8 Å². The molecule has 8 nitrogen and oxygen atoms in total. The molecule has 0 saturated heterocycles. The minimum atomic E-state index is -3.17. The van der Waals surface area contributed by atoms with Gasteiger partial charge in [-0.3, -0.25) is 0 Å². The van der Waals surface area contributed by atoms with Gasteiger partial charge in [0.25, 0.3) is 0 Å². The third-order valence-electron chi connectivity index (χ3n) is 2.38. The van der Waals surface area contributed by atoms with Gasteiger partial charge < -0.3 is 23.8 Å². The van der Waals surface area contributed by atoms with Crippen molar-refractivity contribution in [1.29, 1.82) is 10.8 Å². The van der Waals surface area contributed by atoms with Crippen LogP contribution in [-0.2, 0) is 0 Å². The summed E-state index contributed by atoms with van der Waals surface area (Å²) >= 11 is 0. The molecule has 0 aromatic heterocycles. The van der Waals surface area contributed by atoms with Gasteiger partial charge in [-0.1, -0.05) is 0 Å². The van der Waals surface area contributed by atoms with Gasteiger partial charge in [-0.05, 0) is 24.3 Å². The second-order valence-corrected chi connectivity index (χ2v) is 3.87. The van der Waals surface area contributed by atoms with E-state index < -0.39 is 7.40 Å². The van der Waals surface area contributed by atoms with E-state index in [1.807, 2.05) is 0 Å². The number of ether oxygens (including phenoxy) is 2. The second kappa shape index (κ2) is 12.3. The highest BCUT2D eigenvalue weighted by Gasteiger charge is 2.01. The standard InChI is InChI=1S/2C7H7N2O.BFO2/c2*1-10-7-4-2-6(9-8)3-5-7;2-1(3)4/h2*2-5H,1H3;/q2*+1;-2. The maximum Gasteiger partial charge on any atom is 0.385 e. The molecule has 0 saturated carbocycles. The number of rotatable bonds is 2. The third kappa shape index (κ3) is 9.68. The van der Waals surface area contributed by atoms with Crippen molar-refractivity contribution >= 4 is 18.8 Å². The summed E-state index contributed by atoms with van der Waals surface area (Å²) in [6, 6.07) is 13.6. The summed E-state index contributed by atoms with van der Waals surface area (Å²) in [5.74, 6) is 1.51. The first-order valence-corrected chi connectivity index (χ1v) is 6.40. The molecule has 2 aromatic carbocycles. The molecule has 0 N–H and O–H groups in total. The Bertz CT molecular complexity index is 609.